The van der Waals surface area contributed by atoms with Crippen molar-refractivity contribution in [2.45, 2.75) is 39.2 Å². The predicted molar refractivity (Wildman–Crippen MR) is 104 cm³/mol. The maximum absolute atomic E-state index is 12.6. The van der Waals surface area contributed by atoms with Gasteiger partial charge in [-0.25, -0.2) is 4.79 Å². The summed E-state index contributed by atoms with van der Waals surface area (Å²) >= 11 is 0. The summed E-state index contributed by atoms with van der Waals surface area (Å²) in [5.74, 6) is 1.10. The van der Waals surface area contributed by atoms with Gasteiger partial charge in [-0.2, -0.15) is 0 Å². The first-order chi connectivity index (χ1) is 12.7. The number of piperidine rings is 1. The Hall–Kier alpha value is -2.44. The number of amides is 3. The Balaban J connectivity index is 1.87. The van der Waals surface area contributed by atoms with Gasteiger partial charge >= 0.3 is 6.03 Å². The van der Waals surface area contributed by atoms with Crippen LogP contribution in [0.5, 0.6) is 11.5 Å². The standard InChI is InChI=1S/C20H31N3O4/c1-20(2,3)22-19(25)23-11-9-14(10-12-23)13-21-18(24)17-15(26-4)7-6-8-16(17)27-5/h6-8,14H,9-13H2,1-5H3,(H,21,24)(H,22,25). The highest BCUT2D eigenvalue weighted by atomic mass is 16.5. The minimum atomic E-state index is -0.240. The number of hydrogen-bond donors (Lipinski definition) is 2. The smallest absolute Gasteiger partial charge is 0.317 e. The number of carbonyl (C=O) groups excluding carboxylic acids is 2. The molecule has 1 heterocycles. The van der Waals surface area contributed by atoms with E-state index < -0.39 is 0 Å². The van der Waals surface area contributed by atoms with Crippen LogP contribution in [0.25, 0.3) is 0 Å². The molecule has 27 heavy (non-hydrogen) atoms. The molecule has 150 valence electrons. The molecule has 0 radical (unpaired) electrons. The number of nitrogens with zero attached hydrogens (tertiary/aromatic N) is 1. The first kappa shape index (κ1) is 20.9. The predicted octanol–water partition coefficient (Wildman–Crippen LogP) is 2.65. The topological polar surface area (TPSA) is 79.9 Å². The van der Waals surface area contributed by atoms with Gasteiger partial charge in [-0.3, -0.25) is 4.79 Å². The van der Waals surface area contributed by atoms with E-state index in [0.29, 0.717) is 42.6 Å². The number of nitrogens with one attached hydrogen (secondary N) is 2. The molecule has 0 saturated carbocycles. The molecule has 0 aliphatic carbocycles. The second-order valence-corrected chi connectivity index (χ2v) is 7.86. The van der Waals surface area contributed by atoms with Crippen molar-refractivity contribution >= 4 is 11.9 Å². The third kappa shape index (κ3) is 5.77. The second-order valence-electron chi connectivity index (χ2n) is 7.86. The molecule has 7 heteroatoms. The van der Waals surface area contributed by atoms with Crippen LogP contribution >= 0.6 is 0 Å². The molecule has 1 saturated heterocycles. The van der Waals surface area contributed by atoms with E-state index in [1.165, 1.54) is 14.2 Å². The van der Waals surface area contributed by atoms with Crippen LogP contribution in [0.2, 0.25) is 0 Å². The first-order valence-corrected chi connectivity index (χ1v) is 9.31. The quantitative estimate of drug-likeness (QED) is 0.827. The van der Waals surface area contributed by atoms with E-state index in [-0.39, 0.29) is 17.5 Å². The second kappa shape index (κ2) is 8.97. The third-order valence-corrected chi connectivity index (χ3v) is 4.59. The van der Waals surface area contributed by atoms with Crippen molar-refractivity contribution < 1.29 is 19.1 Å². The zero-order valence-corrected chi connectivity index (χ0v) is 16.9. The Morgan fingerprint density at radius 2 is 1.67 bits per heavy atom. The first-order valence-electron chi connectivity index (χ1n) is 9.31. The highest BCUT2D eigenvalue weighted by Gasteiger charge is 2.26. The molecule has 0 spiro atoms. The number of benzene rings is 1. The molecule has 1 aromatic rings. The lowest BCUT2D eigenvalue weighted by molar-refractivity contribution is 0.0931. The van der Waals surface area contributed by atoms with Crippen LogP contribution in [0.4, 0.5) is 4.79 Å². The number of carbonyl (C=O) groups is 2. The minimum absolute atomic E-state index is 0.0243. The van der Waals surface area contributed by atoms with Crippen LogP contribution in [0.15, 0.2) is 18.2 Å². The maximum Gasteiger partial charge on any atom is 0.317 e. The van der Waals surface area contributed by atoms with Crippen molar-refractivity contribution in [3.63, 3.8) is 0 Å². The van der Waals surface area contributed by atoms with Gasteiger partial charge in [0.25, 0.3) is 5.91 Å². The molecule has 0 atom stereocenters. The summed E-state index contributed by atoms with van der Waals surface area (Å²) in [5.41, 5.74) is 0.167. The maximum atomic E-state index is 12.6. The van der Waals surface area contributed by atoms with Crippen molar-refractivity contribution in [1.82, 2.24) is 15.5 Å². The summed E-state index contributed by atoms with van der Waals surface area (Å²) in [6, 6.07) is 5.24. The molecule has 1 aromatic carbocycles. The fourth-order valence-corrected chi connectivity index (χ4v) is 3.14. The fraction of sp³-hybridized carbons (Fsp3) is 0.600. The van der Waals surface area contributed by atoms with Crippen LogP contribution in [-0.4, -0.2) is 56.2 Å². The molecule has 2 rings (SSSR count). The monoisotopic (exact) mass is 377 g/mol. The van der Waals surface area contributed by atoms with Gasteiger partial charge in [0.1, 0.15) is 17.1 Å². The molecule has 7 nitrogen and oxygen atoms in total. The highest BCUT2D eigenvalue weighted by molar-refractivity contribution is 5.99. The Morgan fingerprint density at radius 1 is 1.11 bits per heavy atom. The molecule has 2 N–H and O–H groups in total. The van der Waals surface area contributed by atoms with E-state index in [0.717, 1.165) is 12.8 Å². The normalized spacial score (nSPS) is 15.2. The summed E-state index contributed by atoms with van der Waals surface area (Å²) in [7, 11) is 3.06. The number of rotatable bonds is 5. The fourth-order valence-electron chi connectivity index (χ4n) is 3.14. The van der Waals surface area contributed by atoms with E-state index >= 15 is 0 Å². The number of likely N-dealkylation sites (tertiary alicyclic amines) is 1. The molecular formula is C20H31N3O4. The Kier molecular flexibility index (Phi) is 6.93. The van der Waals surface area contributed by atoms with Crippen LogP contribution in [0, 0.1) is 5.92 Å². The molecular weight excluding hydrogens is 346 g/mol. The average molecular weight is 377 g/mol. The molecule has 0 unspecified atom stereocenters. The average Bonchev–Trinajstić information content (AvgIpc) is 2.64. The Bertz CT molecular complexity index is 639. The Labute approximate surface area is 161 Å². The summed E-state index contributed by atoms with van der Waals surface area (Å²) in [5, 5.41) is 5.97. The van der Waals surface area contributed by atoms with Crippen molar-refractivity contribution in [2.24, 2.45) is 5.92 Å². The summed E-state index contributed by atoms with van der Waals surface area (Å²) in [4.78, 5) is 26.7. The minimum Gasteiger partial charge on any atom is -0.496 e. The van der Waals surface area contributed by atoms with E-state index in [4.69, 9.17) is 9.47 Å². The van der Waals surface area contributed by atoms with Crippen LogP contribution in [-0.2, 0) is 0 Å². The van der Waals surface area contributed by atoms with Gasteiger partial charge in [-0.15, -0.1) is 0 Å². The van der Waals surface area contributed by atoms with Gasteiger partial charge < -0.3 is 25.0 Å². The van der Waals surface area contributed by atoms with E-state index in [9.17, 15) is 9.59 Å². The molecule has 0 bridgehead atoms. The number of urea groups is 1. The van der Waals surface area contributed by atoms with E-state index in [1.807, 2.05) is 25.7 Å². The van der Waals surface area contributed by atoms with Crippen molar-refractivity contribution in [1.29, 1.82) is 0 Å². The molecule has 1 fully saturated rings. The van der Waals surface area contributed by atoms with E-state index in [2.05, 4.69) is 10.6 Å². The van der Waals surface area contributed by atoms with Gasteiger partial charge in [-0.05, 0) is 51.7 Å². The zero-order chi connectivity index (χ0) is 20.0. The molecule has 1 aliphatic heterocycles. The molecule has 3 amide bonds. The van der Waals surface area contributed by atoms with Crippen LogP contribution < -0.4 is 20.1 Å². The Morgan fingerprint density at radius 3 is 2.15 bits per heavy atom. The molecule has 0 aromatic heterocycles. The third-order valence-electron chi connectivity index (χ3n) is 4.59. The number of methoxy groups -OCH3 is 2. The van der Waals surface area contributed by atoms with Gasteiger partial charge in [0.2, 0.25) is 0 Å². The lowest BCUT2D eigenvalue weighted by atomic mass is 9.96. The zero-order valence-electron chi connectivity index (χ0n) is 16.9. The van der Waals surface area contributed by atoms with Crippen molar-refractivity contribution in [3.05, 3.63) is 23.8 Å². The summed E-state index contributed by atoms with van der Waals surface area (Å²) in [6.45, 7) is 7.87. The number of hydrogen-bond acceptors (Lipinski definition) is 4. The largest absolute Gasteiger partial charge is 0.496 e. The van der Waals surface area contributed by atoms with Crippen molar-refractivity contribution in [3.8, 4) is 11.5 Å². The van der Waals surface area contributed by atoms with Crippen LogP contribution in [0.1, 0.15) is 44.0 Å². The number of ether oxygens (including phenoxy) is 2. The molecule has 1 aliphatic rings. The summed E-state index contributed by atoms with van der Waals surface area (Å²) < 4.78 is 10.6. The van der Waals surface area contributed by atoms with Gasteiger partial charge in [0.15, 0.2) is 0 Å². The summed E-state index contributed by atoms with van der Waals surface area (Å²) in [6.07, 6.45) is 1.72. The lowest BCUT2D eigenvalue weighted by Crippen LogP contribution is -2.51. The van der Waals surface area contributed by atoms with E-state index in [1.54, 1.807) is 18.2 Å². The lowest BCUT2D eigenvalue weighted by Gasteiger charge is -2.34. The van der Waals surface area contributed by atoms with Crippen LogP contribution in [0.3, 0.4) is 0 Å². The highest BCUT2D eigenvalue weighted by Crippen LogP contribution is 2.28. The SMILES string of the molecule is COc1cccc(OC)c1C(=O)NCC1CCN(C(=O)NC(C)(C)C)CC1. The van der Waals surface area contributed by atoms with Gasteiger partial charge in [-0.1, -0.05) is 6.07 Å². The van der Waals surface area contributed by atoms with Gasteiger partial charge in [0.05, 0.1) is 14.2 Å². The van der Waals surface area contributed by atoms with Crippen molar-refractivity contribution in [2.75, 3.05) is 33.9 Å². The van der Waals surface area contributed by atoms with Gasteiger partial charge in [0, 0.05) is 25.2 Å².